The summed E-state index contributed by atoms with van der Waals surface area (Å²) >= 11 is 1.36. The summed E-state index contributed by atoms with van der Waals surface area (Å²) in [5.41, 5.74) is 5.20. The van der Waals surface area contributed by atoms with E-state index >= 15 is 0 Å². The number of amides is 1. The van der Waals surface area contributed by atoms with E-state index in [1.807, 2.05) is 57.2 Å². The highest BCUT2D eigenvalue weighted by Crippen LogP contribution is 2.44. The number of aliphatic hydroxyl groups is 1. The van der Waals surface area contributed by atoms with E-state index < -0.39 is 17.7 Å². The highest BCUT2D eigenvalue weighted by Gasteiger charge is 2.48. The molecule has 1 unspecified atom stereocenters. The molecule has 2 aromatic carbocycles. The number of aryl methyl sites for hydroxylation is 3. The van der Waals surface area contributed by atoms with E-state index in [0.29, 0.717) is 10.7 Å². The van der Waals surface area contributed by atoms with Crippen molar-refractivity contribution in [3.05, 3.63) is 94.3 Å². The average molecular weight is 456 g/mol. The molecule has 1 fully saturated rings. The molecule has 0 aliphatic carbocycles. The Morgan fingerprint density at radius 3 is 2.45 bits per heavy atom. The van der Waals surface area contributed by atoms with Crippen molar-refractivity contribution < 1.29 is 14.7 Å². The van der Waals surface area contributed by atoms with Crippen molar-refractivity contribution in [1.82, 2.24) is 9.97 Å². The lowest BCUT2D eigenvalue weighted by Gasteiger charge is -2.23. The zero-order valence-electron chi connectivity index (χ0n) is 18.4. The van der Waals surface area contributed by atoms with Gasteiger partial charge in [0.05, 0.1) is 21.8 Å². The molecule has 3 heterocycles. The Labute approximate surface area is 194 Å². The summed E-state index contributed by atoms with van der Waals surface area (Å²) in [7, 11) is 0. The minimum absolute atomic E-state index is 0.0448. The molecule has 1 aliphatic heterocycles. The van der Waals surface area contributed by atoms with E-state index in [1.165, 1.54) is 28.6 Å². The second kappa shape index (κ2) is 7.94. The molecule has 1 atom stereocenters. The fraction of sp³-hybridized carbons (Fsp3) is 0.154. The third kappa shape index (κ3) is 3.50. The number of ketones is 1. The van der Waals surface area contributed by atoms with Gasteiger partial charge >= 0.3 is 5.91 Å². The van der Waals surface area contributed by atoms with Crippen molar-refractivity contribution in [2.24, 2.45) is 0 Å². The van der Waals surface area contributed by atoms with Crippen LogP contribution >= 0.6 is 11.3 Å². The molecule has 6 nitrogen and oxygen atoms in total. The van der Waals surface area contributed by atoms with Crippen molar-refractivity contribution in [2.45, 2.75) is 26.8 Å². The number of hydrogen-bond donors (Lipinski definition) is 1. The van der Waals surface area contributed by atoms with Gasteiger partial charge in [-0.25, -0.2) is 4.98 Å². The van der Waals surface area contributed by atoms with Crippen LogP contribution in [0.25, 0.3) is 16.0 Å². The first-order valence-electron chi connectivity index (χ1n) is 10.5. The summed E-state index contributed by atoms with van der Waals surface area (Å²) in [6.07, 6.45) is 3.07. The SMILES string of the molecule is Cc1cccc(C2/C(=C(\O)c3ccncc3)C(=O)C(=O)N2c2nc3cc(C)c(C)cc3s2)c1. The lowest BCUT2D eigenvalue weighted by atomic mass is 9.95. The fourth-order valence-corrected chi connectivity index (χ4v) is 5.19. The Morgan fingerprint density at radius 1 is 1.00 bits per heavy atom. The molecular weight excluding hydrogens is 434 g/mol. The van der Waals surface area contributed by atoms with Gasteiger partial charge in [0.15, 0.2) is 5.13 Å². The maximum Gasteiger partial charge on any atom is 0.301 e. The lowest BCUT2D eigenvalue weighted by Crippen LogP contribution is -2.29. The molecule has 1 N–H and O–H groups in total. The van der Waals surface area contributed by atoms with Crippen LogP contribution < -0.4 is 4.90 Å². The van der Waals surface area contributed by atoms with Gasteiger partial charge < -0.3 is 5.11 Å². The predicted octanol–water partition coefficient (Wildman–Crippen LogP) is 5.24. The zero-order chi connectivity index (χ0) is 23.3. The number of rotatable bonds is 3. The van der Waals surface area contributed by atoms with Gasteiger partial charge in [-0.05, 0) is 61.7 Å². The van der Waals surface area contributed by atoms with Crippen LogP contribution in [-0.4, -0.2) is 26.8 Å². The quantitative estimate of drug-likeness (QED) is 0.259. The van der Waals surface area contributed by atoms with Crippen molar-refractivity contribution >= 4 is 44.1 Å². The standard InChI is InChI=1S/C26H21N3O3S/c1-14-5-4-6-18(11-14)22-21(23(30)17-7-9-27-10-8-17)24(31)25(32)29(22)26-28-19-12-15(2)16(3)13-20(19)33-26/h4-13,22,30H,1-3H3/b23-21+. The number of anilines is 1. The first-order valence-corrected chi connectivity index (χ1v) is 11.3. The molecule has 4 aromatic rings. The Hall–Kier alpha value is -3.84. The number of carbonyl (C=O) groups is 2. The van der Waals surface area contributed by atoms with Crippen molar-refractivity contribution in [2.75, 3.05) is 4.90 Å². The van der Waals surface area contributed by atoms with E-state index in [2.05, 4.69) is 4.98 Å². The zero-order valence-corrected chi connectivity index (χ0v) is 19.2. The second-order valence-electron chi connectivity index (χ2n) is 8.22. The summed E-state index contributed by atoms with van der Waals surface area (Å²) in [4.78, 5) is 36.7. The molecule has 1 saturated heterocycles. The van der Waals surface area contributed by atoms with Crippen molar-refractivity contribution in [3.63, 3.8) is 0 Å². The molecule has 2 aromatic heterocycles. The van der Waals surface area contributed by atoms with E-state index in [1.54, 1.807) is 12.1 Å². The van der Waals surface area contributed by atoms with Crippen molar-refractivity contribution in [1.29, 1.82) is 0 Å². The van der Waals surface area contributed by atoms with Crippen LogP contribution in [0.4, 0.5) is 5.13 Å². The Kier molecular flexibility index (Phi) is 5.06. The average Bonchev–Trinajstić information content (AvgIpc) is 3.32. The van der Waals surface area contributed by atoms with Crippen LogP contribution in [-0.2, 0) is 9.59 Å². The summed E-state index contributed by atoms with van der Waals surface area (Å²) in [6, 6.07) is 14.1. The number of thiazole rings is 1. The summed E-state index contributed by atoms with van der Waals surface area (Å²) in [6.45, 7) is 5.99. The van der Waals surface area contributed by atoms with Gasteiger partial charge in [0, 0.05) is 18.0 Å². The summed E-state index contributed by atoms with van der Waals surface area (Å²) < 4.78 is 0.937. The number of nitrogens with zero attached hydrogens (tertiary/aromatic N) is 3. The summed E-state index contributed by atoms with van der Waals surface area (Å²) in [5, 5.41) is 11.6. The minimum atomic E-state index is -0.791. The second-order valence-corrected chi connectivity index (χ2v) is 9.23. The molecule has 0 bridgehead atoms. The fourth-order valence-electron chi connectivity index (χ4n) is 4.12. The maximum absolute atomic E-state index is 13.3. The number of aromatic nitrogens is 2. The molecular formula is C26H21N3O3S. The van der Waals surface area contributed by atoms with Gasteiger partial charge in [0.25, 0.3) is 5.78 Å². The number of Topliss-reactive ketones (excluding diaryl/α,β-unsaturated/α-hetero) is 1. The predicted molar refractivity (Wildman–Crippen MR) is 129 cm³/mol. The molecule has 7 heteroatoms. The Bertz CT molecular complexity index is 1420. The van der Waals surface area contributed by atoms with Gasteiger partial charge in [0.2, 0.25) is 0 Å². The highest BCUT2D eigenvalue weighted by molar-refractivity contribution is 7.22. The van der Waals surface area contributed by atoms with Crippen LogP contribution in [0.3, 0.4) is 0 Å². The number of benzene rings is 2. The normalized spacial score (nSPS) is 17.8. The Balaban J connectivity index is 1.75. The molecule has 1 aliphatic rings. The van der Waals surface area contributed by atoms with Crippen molar-refractivity contribution in [3.8, 4) is 0 Å². The van der Waals surface area contributed by atoms with Gasteiger partial charge in [-0.15, -0.1) is 0 Å². The van der Waals surface area contributed by atoms with Gasteiger partial charge in [-0.3, -0.25) is 19.5 Å². The number of carbonyl (C=O) groups excluding carboxylic acids is 2. The monoisotopic (exact) mass is 455 g/mol. The van der Waals surface area contributed by atoms with Crippen LogP contribution in [0.5, 0.6) is 0 Å². The lowest BCUT2D eigenvalue weighted by molar-refractivity contribution is -0.132. The third-order valence-electron chi connectivity index (χ3n) is 5.95. The minimum Gasteiger partial charge on any atom is -0.507 e. The first-order chi connectivity index (χ1) is 15.8. The number of hydrogen-bond acceptors (Lipinski definition) is 6. The van der Waals surface area contributed by atoms with Gasteiger partial charge in [0.1, 0.15) is 5.76 Å². The largest absolute Gasteiger partial charge is 0.507 e. The topological polar surface area (TPSA) is 83.4 Å². The van der Waals surface area contributed by atoms with E-state index in [9.17, 15) is 14.7 Å². The third-order valence-corrected chi connectivity index (χ3v) is 6.97. The molecule has 164 valence electrons. The highest BCUT2D eigenvalue weighted by atomic mass is 32.1. The maximum atomic E-state index is 13.3. The van der Waals surface area contributed by atoms with E-state index in [4.69, 9.17) is 4.98 Å². The molecule has 0 saturated carbocycles. The van der Waals surface area contributed by atoms with E-state index in [0.717, 1.165) is 32.5 Å². The van der Waals surface area contributed by atoms with Gasteiger partial charge in [-0.2, -0.15) is 0 Å². The number of aliphatic hydroxyl groups excluding tert-OH is 1. The smallest absolute Gasteiger partial charge is 0.301 e. The molecule has 0 radical (unpaired) electrons. The van der Waals surface area contributed by atoms with Gasteiger partial charge in [-0.1, -0.05) is 41.2 Å². The summed E-state index contributed by atoms with van der Waals surface area (Å²) in [5.74, 6) is -1.66. The molecule has 5 rings (SSSR count). The van der Waals surface area contributed by atoms with Crippen LogP contribution in [0, 0.1) is 20.8 Å². The Morgan fingerprint density at radius 2 is 1.73 bits per heavy atom. The van der Waals surface area contributed by atoms with Crippen LogP contribution in [0.2, 0.25) is 0 Å². The first kappa shape index (κ1) is 21.0. The van der Waals surface area contributed by atoms with Crippen LogP contribution in [0.1, 0.15) is 33.9 Å². The molecule has 33 heavy (non-hydrogen) atoms. The van der Waals surface area contributed by atoms with Crippen LogP contribution in [0.15, 0.2) is 66.5 Å². The number of fused-ring (bicyclic) bond motifs is 1. The number of pyridine rings is 1. The molecule has 0 spiro atoms. The molecule has 1 amide bonds. The van der Waals surface area contributed by atoms with E-state index in [-0.39, 0.29) is 11.3 Å².